The van der Waals surface area contributed by atoms with Crippen LogP contribution in [0, 0.1) is 0 Å². The lowest BCUT2D eigenvalue weighted by Gasteiger charge is -2.23. The lowest BCUT2D eigenvalue weighted by Crippen LogP contribution is -2.30. The smallest absolute Gasteiger partial charge is 0.266 e. The Morgan fingerprint density at radius 2 is 0.881 bits per heavy atom. The summed E-state index contributed by atoms with van der Waals surface area (Å²) in [5.41, 5.74) is 17.7. The van der Waals surface area contributed by atoms with Crippen LogP contribution in [-0.2, 0) is 9.84 Å². The molecule has 0 saturated carbocycles. The third-order valence-electron chi connectivity index (χ3n) is 10.2. The van der Waals surface area contributed by atoms with Crippen LogP contribution in [0.4, 0.5) is 22.7 Å². The lowest BCUT2D eigenvalue weighted by atomic mass is 10.00. The lowest BCUT2D eigenvalue weighted by molar-refractivity contribution is 0.0909. The van der Waals surface area contributed by atoms with Gasteiger partial charge in [0.2, 0.25) is 9.84 Å². The molecule has 0 aliphatic carbocycles. The van der Waals surface area contributed by atoms with E-state index in [1.807, 2.05) is 24.3 Å². The van der Waals surface area contributed by atoms with E-state index in [2.05, 4.69) is 0 Å². The van der Waals surface area contributed by atoms with Gasteiger partial charge >= 0.3 is 0 Å². The maximum atomic E-state index is 14.7. The van der Waals surface area contributed by atoms with Gasteiger partial charge in [-0.25, -0.2) is 18.2 Å². The maximum absolute atomic E-state index is 14.7. The van der Waals surface area contributed by atoms with Crippen LogP contribution in [0.1, 0.15) is 41.4 Å². The molecule has 0 saturated heterocycles. The van der Waals surface area contributed by atoms with Gasteiger partial charge in [-0.15, -0.1) is 47.0 Å². The third kappa shape index (κ3) is 6.70. The number of nitrogens with two attached hydrogens (primary N) is 2. The van der Waals surface area contributed by atoms with Gasteiger partial charge in [0.25, 0.3) is 23.6 Å². The van der Waals surface area contributed by atoms with Gasteiger partial charge in [0.1, 0.15) is 0 Å². The molecule has 6 aromatic rings. The standard InChI is InChI=1S/C44H34N4O6S5/c1-55-35-21-29(22-36(56-2)38(35)48-42(50)31-16-10-26(20-33(31)44(48)52)24-7-13-28(46)14-8-24)59(53,54)37-18-17-34(39(57-3)40(37)58-4)47-41(49)30-15-9-25(19-32(30)43(47)51)23-5-11-27(45)12-6-23/h5-22H,45-46H2,1-4H3. The van der Waals surface area contributed by atoms with Crippen LogP contribution in [-0.4, -0.2) is 57.1 Å². The Morgan fingerprint density at radius 1 is 0.458 bits per heavy atom. The number of rotatable bonds is 10. The zero-order valence-electron chi connectivity index (χ0n) is 31.9. The molecule has 0 unspecified atom stereocenters. The van der Waals surface area contributed by atoms with Gasteiger partial charge in [-0.3, -0.25) is 19.2 Å². The second-order valence-corrected chi connectivity index (χ2v) is 18.7. The molecule has 0 spiro atoms. The number of thioether (sulfide) groups is 4. The molecule has 296 valence electrons. The predicted molar refractivity (Wildman–Crippen MR) is 240 cm³/mol. The molecule has 0 aromatic heterocycles. The zero-order valence-corrected chi connectivity index (χ0v) is 36.0. The van der Waals surface area contributed by atoms with Crippen LogP contribution in [0.15, 0.2) is 139 Å². The number of hydrogen-bond donors (Lipinski definition) is 2. The van der Waals surface area contributed by atoms with E-state index in [0.29, 0.717) is 36.6 Å². The molecule has 59 heavy (non-hydrogen) atoms. The first kappa shape index (κ1) is 40.3. The van der Waals surface area contributed by atoms with Crippen LogP contribution in [0.3, 0.4) is 0 Å². The zero-order chi connectivity index (χ0) is 41.9. The summed E-state index contributed by atoms with van der Waals surface area (Å²) in [6.45, 7) is 0. The normalized spacial score (nSPS) is 13.7. The van der Waals surface area contributed by atoms with Gasteiger partial charge < -0.3 is 11.5 Å². The minimum absolute atomic E-state index is 0.0110. The molecule has 2 heterocycles. The maximum Gasteiger partial charge on any atom is 0.266 e. The number of imide groups is 2. The second-order valence-electron chi connectivity index (χ2n) is 13.5. The number of hydrogen-bond acceptors (Lipinski definition) is 12. The van der Waals surface area contributed by atoms with E-state index >= 15 is 0 Å². The van der Waals surface area contributed by atoms with Gasteiger partial charge in [0.05, 0.1) is 43.4 Å². The van der Waals surface area contributed by atoms with Gasteiger partial charge in [-0.05, 0) is 120 Å². The molecule has 8 rings (SSSR count). The number of benzene rings is 6. The van der Waals surface area contributed by atoms with Crippen molar-refractivity contribution in [3.05, 3.63) is 131 Å². The predicted octanol–water partition coefficient (Wildman–Crippen LogP) is 9.51. The highest BCUT2D eigenvalue weighted by Crippen LogP contribution is 2.48. The highest BCUT2D eigenvalue weighted by atomic mass is 32.2. The van der Waals surface area contributed by atoms with Gasteiger partial charge in [0.15, 0.2) is 0 Å². The van der Waals surface area contributed by atoms with Gasteiger partial charge in [-0.2, -0.15) is 0 Å². The van der Waals surface area contributed by atoms with Gasteiger partial charge in [0, 0.05) is 31.0 Å². The number of nitrogens with zero attached hydrogens (tertiary/aromatic N) is 2. The van der Waals surface area contributed by atoms with Crippen molar-refractivity contribution in [1.29, 1.82) is 0 Å². The molecule has 10 nitrogen and oxygen atoms in total. The van der Waals surface area contributed by atoms with E-state index in [4.69, 9.17) is 11.5 Å². The van der Waals surface area contributed by atoms with Crippen molar-refractivity contribution >= 4 is 103 Å². The molecule has 15 heteroatoms. The second kappa shape index (κ2) is 15.6. The molecular weight excluding hydrogens is 841 g/mol. The minimum atomic E-state index is -4.26. The van der Waals surface area contributed by atoms with E-state index in [9.17, 15) is 27.6 Å². The van der Waals surface area contributed by atoms with Crippen LogP contribution in [0.25, 0.3) is 22.3 Å². The Morgan fingerprint density at radius 3 is 1.34 bits per heavy atom. The van der Waals surface area contributed by atoms with Crippen molar-refractivity contribution in [1.82, 2.24) is 0 Å². The number of fused-ring (bicyclic) bond motifs is 2. The SMILES string of the molecule is CSc1cc(S(=O)(=O)c2ccc(N3C(=O)c4ccc(-c5ccc(N)cc5)cc4C3=O)c(SC)c2SC)cc(SC)c1N1C(=O)c2ccc(-c3ccc(N)cc3)cc2C1=O. The van der Waals surface area contributed by atoms with Crippen LogP contribution in [0.5, 0.6) is 0 Å². The molecule has 0 radical (unpaired) electrons. The Kier molecular flexibility index (Phi) is 10.7. The summed E-state index contributed by atoms with van der Waals surface area (Å²) in [5.74, 6) is -2.04. The highest BCUT2D eigenvalue weighted by Gasteiger charge is 2.41. The monoisotopic (exact) mass is 874 g/mol. The number of amides is 4. The molecule has 2 aliphatic rings. The van der Waals surface area contributed by atoms with E-state index in [1.165, 1.54) is 71.3 Å². The highest BCUT2D eigenvalue weighted by molar-refractivity contribution is 8.02. The summed E-state index contributed by atoms with van der Waals surface area (Å²) in [6.07, 6.45) is 7.01. The molecule has 0 fully saturated rings. The minimum Gasteiger partial charge on any atom is -0.399 e. The summed E-state index contributed by atoms with van der Waals surface area (Å²) in [5, 5.41) is 0. The molecule has 0 atom stereocenters. The van der Waals surface area contributed by atoms with Crippen molar-refractivity contribution in [2.75, 3.05) is 46.3 Å². The van der Waals surface area contributed by atoms with Crippen LogP contribution in [0.2, 0.25) is 0 Å². The van der Waals surface area contributed by atoms with Gasteiger partial charge in [-0.1, -0.05) is 36.4 Å². The van der Waals surface area contributed by atoms with Crippen molar-refractivity contribution < 1.29 is 27.6 Å². The summed E-state index contributed by atoms with van der Waals surface area (Å²) in [6, 6.07) is 30.5. The van der Waals surface area contributed by atoms with E-state index in [1.54, 1.807) is 85.7 Å². The van der Waals surface area contributed by atoms with Crippen LogP contribution >= 0.6 is 47.0 Å². The Balaban J connectivity index is 1.16. The van der Waals surface area contributed by atoms with E-state index < -0.39 is 33.5 Å². The van der Waals surface area contributed by atoms with E-state index in [0.717, 1.165) is 32.1 Å². The molecule has 0 bridgehead atoms. The number of carbonyl (C=O) groups excluding carboxylic acids is 4. The number of sulfone groups is 1. The van der Waals surface area contributed by atoms with Crippen molar-refractivity contribution in [2.24, 2.45) is 0 Å². The summed E-state index contributed by atoms with van der Waals surface area (Å²) in [7, 11) is -4.26. The topological polar surface area (TPSA) is 161 Å². The number of carbonyl (C=O) groups is 4. The summed E-state index contributed by atoms with van der Waals surface area (Å²) >= 11 is 4.87. The van der Waals surface area contributed by atoms with Crippen LogP contribution < -0.4 is 21.3 Å². The van der Waals surface area contributed by atoms with E-state index in [-0.39, 0.29) is 37.7 Å². The summed E-state index contributed by atoms with van der Waals surface area (Å²) < 4.78 is 29.5. The summed E-state index contributed by atoms with van der Waals surface area (Å²) in [4.78, 5) is 59.7. The van der Waals surface area contributed by atoms with Crippen molar-refractivity contribution in [3.8, 4) is 22.3 Å². The Hall–Kier alpha value is -5.45. The Labute approximate surface area is 358 Å². The fourth-order valence-corrected chi connectivity index (χ4v) is 12.6. The van der Waals surface area contributed by atoms with Crippen molar-refractivity contribution in [3.63, 3.8) is 0 Å². The fraction of sp³-hybridized carbons (Fsp3) is 0.0909. The average Bonchev–Trinajstić information content (AvgIpc) is 3.65. The third-order valence-corrected chi connectivity index (χ3v) is 15.4. The molecule has 4 N–H and O–H groups in total. The molecular formula is C44H34N4O6S5. The fourth-order valence-electron chi connectivity index (χ4n) is 7.30. The first-order valence-electron chi connectivity index (χ1n) is 17.9. The number of anilines is 4. The molecule has 6 aromatic carbocycles. The first-order valence-corrected chi connectivity index (χ1v) is 24.2. The quantitative estimate of drug-likeness (QED) is 0.0763. The number of nitrogen functional groups attached to an aromatic ring is 2. The Bertz CT molecular complexity index is 2870. The molecule has 4 amide bonds. The van der Waals surface area contributed by atoms with Crippen molar-refractivity contribution in [2.45, 2.75) is 29.4 Å². The average molecular weight is 875 g/mol. The first-order chi connectivity index (χ1) is 28.3. The largest absolute Gasteiger partial charge is 0.399 e. The molecule has 2 aliphatic heterocycles.